The number of rotatable bonds is 6. The summed E-state index contributed by atoms with van der Waals surface area (Å²) in [6.07, 6.45) is 6.28. The first-order valence-electron chi connectivity index (χ1n) is 5.17. The molecule has 2 N–H and O–H groups in total. The number of halogens is 1. The zero-order valence-corrected chi connectivity index (χ0v) is 9.43. The van der Waals surface area contributed by atoms with Crippen LogP contribution in [0.5, 0.6) is 0 Å². The van der Waals surface area contributed by atoms with Crippen LogP contribution in [0.4, 0.5) is 0 Å². The summed E-state index contributed by atoms with van der Waals surface area (Å²) < 4.78 is 0. The van der Waals surface area contributed by atoms with Gasteiger partial charge in [-0.05, 0) is 31.4 Å². The fourth-order valence-electron chi connectivity index (χ4n) is 1.47. The van der Waals surface area contributed by atoms with Crippen LogP contribution in [0.15, 0.2) is 30.3 Å². The standard InChI is InChI=1S/C12H19N.ClH/c13-11-7-2-1-4-8-12-9-5-3-6-10-12;/h3,5-6,9-10H,1-2,4,7-8,11,13H2;1H. The van der Waals surface area contributed by atoms with E-state index < -0.39 is 0 Å². The van der Waals surface area contributed by atoms with Crippen LogP contribution in [-0.4, -0.2) is 6.54 Å². The summed E-state index contributed by atoms with van der Waals surface area (Å²) in [6, 6.07) is 10.7. The topological polar surface area (TPSA) is 26.0 Å². The molecule has 1 rings (SSSR count). The van der Waals surface area contributed by atoms with E-state index in [4.69, 9.17) is 5.73 Å². The van der Waals surface area contributed by atoms with E-state index in [2.05, 4.69) is 30.3 Å². The number of hydrogen-bond donors (Lipinski definition) is 1. The third kappa shape index (κ3) is 6.01. The summed E-state index contributed by atoms with van der Waals surface area (Å²) in [7, 11) is 0. The van der Waals surface area contributed by atoms with Crippen molar-refractivity contribution in [3.05, 3.63) is 35.9 Å². The molecule has 1 nitrogen and oxygen atoms in total. The molecule has 0 spiro atoms. The summed E-state index contributed by atoms with van der Waals surface area (Å²) >= 11 is 0. The molecule has 1 aromatic rings. The summed E-state index contributed by atoms with van der Waals surface area (Å²) in [5.74, 6) is 0. The third-order valence-electron chi connectivity index (χ3n) is 2.26. The van der Waals surface area contributed by atoms with Crippen LogP contribution in [0.25, 0.3) is 0 Å². The fourth-order valence-corrected chi connectivity index (χ4v) is 1.47. The smallest absolute Gasteiger partial charge is 0.00773 e. The van der Waals surface area contributed by atoms with Crippen molar-refractivity contribution < 1.29 is 0 Å². The Morgan fingerprint density at radius 1 is 0.857 bits per heavy atom. The maximum absolute atomic E-state index is 5.42. The van der Waals surface area contributed by atoms with Crippen LogP contribution in [-0.2, 0) is 6.42 Å². The molecule has 0 atom stereocenters. The molecule has 14 heavy (non-hydrogen) atoms. The SMILES string of the molecule is Cl.NCCCCCCc1ccccc1. The van der Waals surface area contributed by atoms with Gasteiger partial charge in [-0.25, -0.2) is 0 Å². The lowest BCUT2D eigenvalue weighted by atomic mass is 10.1. The van der Waals surface area contributed by atoms with Gasteiger partial charge in [-0.1, -0.05) is 43.2 Å². The van der Waals surface area contributed by atoms with Gasteiger partial charge >= 0.3 is 0 Å². The van der Waals surface area contributed by atoms with E-state index in [-0.39, 0.29) is 12.4 Å². The molecule has 0 unspecified atom stereocenters. The molecule has 0 aliphatic carbocycles. The van der Waals surface area contributed by atoms with Crippen molar-refractivity contribution in [3.63, 3.8) is 0 Å². The van der Waals surface area contributed by atoms with E-state index in [1.165, 1.54) is 37.7 Å². The monoisotopic (exact) mass is 213 g/mol. The Hall–Kier alpha value is -0.530. The number of unbranched alkanes of at least 4 members (excludes halogenated alkanes) is 3. The second kappa shape index (κ2) is 9.04. The van der Waals surface area contributed by atoms with Crippen molar-refractivity contribution in [1.29, 1.82) is 0 Å². The van der Waals surface area contributed by atoms with Crippen molar-refractivity contribution in [3.8, 4) is 0 Å². The highest BCUT2D eigenvalue weighted by Gasteiger charge is 1.91. The Bertz CT molecular complexity index is 211. The Kier molecular flexibility index (Phi) is 8.70. The van der Waals surface area contributed by atoms with Crippen molar-refractivity contribution >= 4 is 12.4 Å². The van der Waals surface area contributed by atoms with E-state index in [1.54, 1.807) is 0 Å². The van der Waals surface area contributed by atoms with Gasteiger partial charge in [-0.2, -0.15) is 0 Å². The van der Waals surface area contributed by atoms with Gasteiger partial charge in [-0.15, -0.1) is 12.4 Å². The number of hydrogen-bond acceptors (Lipinski definition) is 1. The molecular formula is C12H20ClN. The first kappa shape index (κ1) is 13.5. The van der Waals surface area contributed by atoms with Crippen LogP contribution in [0, 0.1) is 0 Å². The highest BCUT2D eigenvalue weighted by molar-refractivity contribution is 5.85. The lowest BCUT2D eigenvalue weighted by Gasteiger charge is -2.00. The summed E-state index contributed by atoms with van der Waals surface area (Å²) in [4.78, 5) is 0. The molecule has 2 heteroatoms. The minimum absolute atomic E-state index is 0. The molecule has 0 bridgehead atoms. The molecular weight excluding hydrogens is 194 g/mol. The third-order valence-corrected chi connectivity index (χ3v) is 2.26. The quantitative estimate of drug-likeness (QED) is 0.722. The molecule has 0 aliphatic heterocycles. The zero-order chi connectivity index (χ0) is 9.36. The predicted molar refractivity (Wildman–Crippen MR) is 64.9 cm³/mol. The second-order valence-corrected chi connectivity index (χ2v) is 3.44. The van der Waals surface area contributed by atoms with Crippen molar-refractivity contribution in [2.24, 2.45) is 5.73 Å². The van der Waals surface area contributed by atoms with E-state index in [0.717, 1.165) is 6.54 Å². The van der Waals surface area contributed by atoms with Gasteiger partial charge in [0.25, 0.3) is 0 Å². The Labute approximate surface area is 93.1 Å². The van der Waals surface area contributed by atoms with Crippen LogP contribution in [0.3, 0.4) is 0 Å². The lowest BCUT2D eigenvalue weighted by molar-refractivity contribution is 0.647. The zero-order valence-electron chi connectivity index (χ0n) is 8.61. The van der Waals surface area contributed by atoms with Gasteiger partial charge in [0.1, 0.15) is 0 Å². The number of aryl methyl sites for hydroxylation is 1. The maximum Gasteiger partial charge on any atom is -0.00773 e. The Morgan fingerprint density at radius 2 is 1.50 bits per heavy atom. The first-order valence-corrected chi connectivity index (χ1v) is 5.17. The molecule has 80 valence electrons. The number of nitrogens with two attached hydrogens (primary N) is 1. The van der Waals surface area contributed by atoms with Gasteiger partial charge in [-0.3, -0.25) is 0 Å². The van der Waals surface area contributed by atoms with E-state index in [0.29, 0.717) is 0 Å². The average molecular weight is 214 g/mol. The molecule has 1 aromatic carbocycles. The molecule has 0 aliphatic rings. The van der Waals surface area contributed by atoms with Crippen molar-refractivity contribution in [1.82, 2.24) is 0 Å². The molecule has 0 radical (unpaired) electrons. The molecule has 0 aromatic heterocycles. The maximum atomic E-state index is 5.42. The highest BCUT2D eigenvalue weighted by atomic mass is 35.5. The summed E-state index contributed by atoms with van der Waals surface area (Å²) in [5, 5.41) is 0. The van der Waals surface area contributed by atoms with Gasteiger partial charge < -0.3 is 5.73 Å². The highest BCUT2D eigenvalue weighted by Crippen LogP contribution is 2.06. The van der Waals surface area contributed by atoms with E-state index >= 15 is 0 Å². The molecule has 0 saturated heterocycles. The predicted octanol–water partition coefficient (Wildman–Crippen LogP) is 3.17. The van der Waals surface area contributed by atoms with Gasteiger partial charge in [0.05, 0.1) is 0 Å². The minimum Gasteiger partial charge on any atom is -0.330 e. The molecule has 0 amide bonds. The number of benzene rings is 1. The molecule has 0 saturated carbocycles. The van der Waals surface area contributed by atoms with E-state index in [9.17, 15) is 0 Å². The Morgan fingerprint density at radius 3 is 2.14 bits per heavy atom. The summed E-state index contributed by atoms with van der Waals surface area (Å²) in [6.45, 7) is 0.839. The average Bonchev–Trinajstić information content (AvgIpc) is 2.19. The van der Waals surface area contributed by atoms with Crippen LogP contribution in [0.1, 0.15) is 31.2 Å². The fraction of sp³-hybridized carbons (Fsp3) is 0.500. The molecule has 0 fully saturated rings. The van der Waals surface area contributed by atoms with E-state index in [1.807, 2.05) is 0 Å². The van der Waals surface area contributed by atoms with Gasteiger partial charge in [0.15, 0.2) is 0 Å². The molecule has 0 heterocycles. The van der Waals surface area contributed by atoms with Gasteiger partial charge in [0.2, 0.25) is 0 Å². The summed E-state index contributed by atoms with van der Waals surface area (Å²) in [5.41, 5.74) is 6.88. The van der Waals surface area contributed by atoms with Crippen molar-refractivity contribution in [2.75, 3.05) is 6.54 Å². The van der Waals surface area contributed by atoms with Gasteiger partial charge in [0, 0.05) is 0 Å². The minimum atomic E-state index is 0. The normalized spacial score (nSPS) is 9.50. The lowest BCUT2D eigenvalue weighted by Crippen LogP contribution is -1.97. The van der Waals surface area contributed by atoms with Crippen LogP contribution in [0.2, 0.25) is 0 Å². The largest absolute Gasteiger partial charge is 0.330 e. The van der Waals surface area contributed by atoms with Crippen molar-refractivity contribution in [2.45, 2.75) is 32.1 Å². The van der Waals surface area contributed by atoms with Crippen LogP contribution < -0.4 is 5.73 Å². The second-order valence-electron chi connectivity index (χ2n) is 3.44. The Balaban J connectivity index is 0.00000169. The first-order chi connectivity index (χ1) is 6.43. The van der Waals surface area contributed by atoms with Crippen LogP contribution >= 0.6 is 12.4 Å².